The fraction of sp³-hybridized carbons (Fsp3) is 0.167. The van der Waals surface area contributed by atoms with Gasteiger partial charge < -0.3 is 10.1 Å². The minimum absolute atomic E-state index is 0.151. The van der Waals surface area contributed by atoms with E-state index in [-0.39, 0.29) is 22.4 Å². The first-order valence-corrected chi connectivity index (χ1v) is 6.27. The van der Waals surface area contributed by atoms with Crippen molar-refractivity contribution in [1.82, 2.24) is 9.97 Å². The Morgan fingerprint density at radius 1 is 1.52 bits per heavy atom. The average molecular weight is 313 g/mol. The van der Waals surface area contributed by atoms with Crippen LogP contribution in [-0.4, -0.2) is 21.4 Å². The van der Waals surface area contributed by atoms with E-state index in [0.717, 1.165) is 6.20 Å². The van der Waals surface area contributed by atoms with Gasteiger partial charge in [-0.1, -0.05) is 11.6 Å². The first kappa shape index (κ1) is 14.9. The van der Waals surface area contributed by atoms with Gasteiger partial charge in [0.1, 0.15) is 0 Å². The minimum atomic E-state index is -0.842. The van der Waals surface area contributed by atoms with Gasteiger partial charge >= 0.3 is 5.69 Å². The highest BCUT2D eigenvalue weighted by molar-refractivity contribution is 6.30. The second-order valence-electron chi connectivity index (χ2n) is 3.85. The predicted octanol–water partition coefficient (Wildman–Crippen LogP) is 3.40. The molecule has 0 aliphatic heterocycles. The van der Waals surface area contributed by atoms with Crippen molar-refractivity contribution in [3.05, 3.63) is 45.4 Å². The van der Waals surface area contributed by atoms with Crippen LogP contribution in [0.4, 0.5) is 16.0 Å². The molecular formula is C12H10ClFN4O3. The standard InChI is InChI=1S/C12H10ClFN4O3/c1-2-15-12-16-6-8(14)11(17-12)21-10-5-7(13)3-4-9(10)18(19)20/h3-6H,2H2,1H3,(H,15,16,17). The molecule has 0 aliphatic carbocycles. The Kier molecular flexibility index (Phi) is 4.49. The van der Waals surface area contributed by atoms with Crippen LogP contribution in [0.2, 0.25) is 5.02 Å². The van der Waals surface area contributed by atoms with Gasteiger partial charge in [0.15, 0.2) is 0 Å². The summed E-state index contributed by atoms with van der Waals surface area (Å²) in [5, 5.41) is 13.9. The third kappa shape index (κ3) is 3.54. The molecule has 0 radical (unpaired) electrons. The second-order valence-corrected chi connectivity index (χ2v) is 4.28. The van der Waals surface area contributed by atoms with Crippen LogP contribution in [0, 0.1) is 15.9 Å². The van der Waals surface area contributed by atoms with Crippen LogP contribution in [0.3, 0.4) is 0 Å². The highest BCUT2D eigenvalue weighted by atomic mass is 35.5. The van der Waals surface area contributed by atoms with Crippen molar-refractivity contribution in [2.75, 3.05) is 11.9 Å². The quantitative estimate of drug-likeness (QED) is 0.672. The summed E-state index contributed by atoms with van der Waals surface area (Å²) in [4.78, 5) is 17.8. The first-order valence-electron chi connectivity index (χ1n) is 5.89. The van der Waals surface area contributed by atoms with E-state index >= 15 is 0 Å². The zero-order valence-corrected chi connectivity index (χ0v) is 11.6. The van der Waals surface area contributed by atoms with Crippen molar-refractivity contribution in [2.45, 2.75) is 6.92 Å². The van der Waals surface area contributed by atoms with E-state index in [1.54, 1.807) is 0 Å². The Hall–Kier alpha value is -2.48. The number of anilines is 1. The highest BCUT2D eigenvalue weighted by Gasteiger charge is 2.19. The molecule has 110 valence electrons. The van der Waals surface area contributed by atoms with E-state index in [4.69, 9.17) is 16.3 Å². The molecule has 7 nitrogen and oxygen atoms in total. The molecule has 1 heterocycles. The number of nitro groups is 1. The van der Waals surface area contributed by atoms with Crippen LogP contribution in [0.1, 0.15) is 6.92 Å². The Labute approximate surface area is 123 Å². The molecule has 0 aliphatic rings. The van der Waals surface area contributed by atoms with Gasteiger partial charge in [-0.05, 0) is 13.0 Å². The summed E-state index contributed by atoms with van der Waals surface area (Å²) < 4.78 is 18.8. The molecular weight excluding hydrogens is 303 g/mol. The lowest BCUT2D eigenvalue weighted by molar-refractivity contribution is -0.385. The summed E-state index contributed by atoms with van der Waals surface area (Å²) in [5.41, 5.74) is -0.345. The maximum Gasteiger partial charge on any atom is 0.311 e. The lowest BCUT2D eigenvalue weighted by Crippen LogP contribution is -2.04. The number of rotatable bonds is 5. The Morgan fingerprint density at radius 2 is 2.29 bits per heavy atom. The monoisotopic (exact) mass is 312 g/mol. The zero-order valence-electron chi connectivity index (χ0n) is 10.8. The molecule has 0 spiro atoms. The van der Waals surface area contributed by atoms with Gasteiger partial charge in [0, 0.05) is 23.7 Å². The van der Waals surface area contributed by atoms with Crippen molar-refractivity contribution in [1.29, 1.82) is 0 Å². The van der Waals surface area contributed by atoms with Crippen LogP contribution in [-0.2, 0) is 0 Å². The fourth-order valence-electron chi connectivity index (χ4n) is 1.49. The van der Waals surface area contributed by atoms with Crippen LogP contribution in [0.25, 0.3) is 0 Å². The molecule has 0 saturated heterocycles. The number of hydrogen-bond acceptors (Lipinski definition) is 6. The summed E-state index contributed by atoms with van der Waals surface area (Å²) >= 11 is 5.77. The molecule has 21 heavy (non-hydrogen) atoms. The molecule has 2 rings (SSSR count). The highest BCUT2D eigenvalue weighted by Crippen LogP contribution is 2.33. The normalized spacial score (nSPS) is 10.2. The number of nitrogens with zero attached hydrogens (tertiary/aromatic N) is 3. The van der Waals surface area contributed by atoms with Gasteiger partial charge in [0.25, 0.3) is 5.88 Å². The Balaban J connectivity index is 2.39. The molecule has 1 aromatic carbocycles. The molecule has 9 heteroatoms. The van der Waals surface area contributed by atoms with Crippen LogP contribution in [0.15, 0.2) is 24.4 Å². The Morgan fingerprint density at radius 3 is 2.95 bits per heavy atom. The predicted molar refractivity (Wildman–Crippen MR) is 74.3 cm³/mol. The van der Waals surface area contributed by atoms with Crippen molar-refractivity contribution in [2.24, 2.45) is 0 Å². The van der Waals surface area contributed by atoms with Crippen LogP contribution in [0.5, 0.6) is 11.6 Å². The molecule has 0 fully saturated rings. The minimum Gasteiger partial charge on any atom is -0.429 e. The van der Waals surface area contributed by atoms with Crippen LogP contribution >= 0.6 is 11.6 Å². The maximum atomic E-state index is 13.6. The van der Waals surface area contributed by atoms with Gasteiger partial charge in [-0.25, -0.2) is 4.98 Å². The second kappa shape index (κ2) is 6.31. The number of nitro benzene ring substituents is 1. The maximum absolute atomic E-state index is 13.6. The van der Waals surface area contributed by atoms with E-state index in [0.29, 0.717) is 6.54 Å². The van der Waals surface area contributed by atoms with E-state index in [1.807, 2.05) is 6.92 Å². The summed E-state index contributed by atoms with van der Waals surface area (Å²) in [6, 6.07) is 3.73. The van der Waals surface area contributed by atoms with Gasteiger partial charge in [0.2, 0.25) is 17.5 Å². The van der Waals surface area contributed by atoms with E-state index in [1.165, 1.54) is 18.2 Å². The Bertz CT molecular complexity index is 684. The summed E-state index contributed by atoms with van der Waals surface area (Å²) in [6.07, 6.45) is 0.913. The topological polar surface area (TPSA) is 90.2 Å². The molecule has 0 unspecified atom stereocenters. The molecule has 0 bridgehead atoms. The molecule has 0 atom stereocenters. The SMILES string of the molecule is CCNc1ncc(F)c(Oc2cc(Cl)ccc2[N+](=O)[O-])n1. The van der Waals surface area contributed by atoms with E-state index in [2.05, 4.69) is 15.3 Å². The number of halogens is 2. The smallest absolute Gasteiger partial charge is 0.311 e. The zero-order chi connectivity index (χ0) is 15.4. The lowest BCUT2D eigenvalue weighted by Gasteiger charge is -2.08. The largest absolute Gasteiger partial charge is 0.429 e. The van der Waals surface area contributed by atoms with Crippen LogP contribution < -0.4 is 10.1 Å². The van der Waals surface area contributed by atoms with E-state index in [9.17, 15) is 14.5 Å². The number of nitrogens with one attached hydrogen (secondary N) is 1. The number of ether oxygens (including phenoxy) is 1. The number of hydrogen-bond donors (Lipinski definition) is 1. The summed E-state index contributed by atoms with van der Waals surface area (Å²) in [6.45, 7) is 2.34. The molecule has 2 aromatic rings. The van der Waals surface area contributed by atoms with E-state index < -0.39 is 16.6 Å². The third-order valence-corrected chi connectivity index (χ3v) is 2.61. The molecule has 1 N–H and O–H groups in total. The fourth-order valence-corrected chi connectivity index (χ4v) is 1.65. The summed E-state index contributed by atoms with van der Waals surface area (Å²) in [5.74, 6) is -1.32. The first-order chi connectivity index (χ1) is 10.0. The van der Waals surface area contributed by atoms with Crippen molar-refractivity contribution in [3.63, 3.8) is 0 Å². The molecule has 1 aromatic heterocycles. The number of benzene rings is 1. The van der Waals surface area contributed by atoms with Gasteiger partial charge in [-0.2, -0.15) is 9.37 Å². The molecule has 0 saturated carbocycles. The van der Waals surface area contributed by atoms with Crippen molar-refractivity contribution < 1.29 is 14.1 Å². The average Bonchev–Trinajstić information content (AvgIpc) is 2.42. The van der Waals surface area contributed by atoms with Crippen molar-refractivity contribution in [3.8, 4) is 11.6 Å². The molecule has 0 amide bonds. The third-order valence-electron chi connectivity index (χ3n) is 2.37. The summed E-state index contributed by atoms with van der Waals surface area (Å²) in [7, 11) is 0. The van der Waals surface area contributed by atoms with Gasteiger partial charge in [-0.15, -0.1) is 0 Å². The lowest BCUT2D eigenvalue weighted by atomic mass is 10.3. The van der Waals surface area contributed by atoms with Gasteiger partial charge in [-0.3, -0.25) is 10.1 Å². The number of aromatic nitrogens is 2. The van der Waals surface area contributed by atoms with Crippen molar-refractivity contribution >= 4 is 23.2 Å². The van der Waals surface area contributed by atoms with Gasteiger partial charge in [0.05, 0.1) is 11.1 Å².